The van der Waals surface area contributed by atoms with E-state index in [2.05, 4.69) is 0 Å². The highest BCUT2D eigenvalue weighted by Crippen LogP contribution is 2.32. The minimum Gasteiger partial charge on any atom is -0.480 e. The number of carbonyl (C=O) groups is 2. The van der Waals surface area contributed by atoms with Crippen LogP contribution in [0.5, 0.6) is 0 Å². The average Bonchev–Trinajstić information content (AvgIpc) is 2.54. The van der Waals surface area contributed by atoms with E-state index in [1.165, 1.54) is 18.9 Å². The number of methoxy groups -OCH3 is 1. The third-order valence-corrected chi connectivity index (χ3v) is 3.02. The zero-order valence-corrected chi connectivity index (χ0v) is 11.5. The number of likely N-dealkylation sites (tertiary alicyclic amines) is 1. The minimum atomic E-state index is -1.27. The summed E-state index contributed by atoms with van der Waals surface area (Å²) in [7, 11) is 1.51. The summed E-state index contributed by atoms with van der Waals surface area (Å²) in [5.41, 5.74) is -1.93. The van der Waals surface area contributed by atoms with Gasteiger partial charge in [0.1, 0.15) is 11.1 Å². The number of aliphatic carboxylic acids is 1. The van der Waals surface area contributed by atoms with Crippen molar-refractivity contribution in [2.75, 3.05) is 13.7 Å². The number of carboxylic acids is 1. The van der Waals surface area contributed by atoms with Crippen LogP contribution < -0.4 is 0 Å². The second-order valence-corrected chi connectivity index (χ2v) is 5.73. The second kappa shape index (κ2) is 4.76. The van der Waals surface area contributed by atoms with Gasteiger partial charge in [-0.15, -0.1) is 0 Å². The average molecular weight is 259 g/mol. The molecule has 6 heteroatoms. The topological polar surface area (TPSA) is 76.1 Å². The molecule has 0 spiro atoms. The molecule has 0 aromatic heterocycles. The Labute approximate surface area is 107 Å². The zero-order valence-electron chi connectivity index (χ0n) is 11.5. The van der Waals surface area contributed by atoms with E-state index in [4.69, 9.17) is 9.47 Å². The lowest BCUT2D eigenvalue weighted by Gasteiger charge is -2.32. The molecule has 1 amide bonds. The van der Waals surface area contributed by atoms with Crippen LogP contribution in [0, 0.1) is 0 Å². The van der Waals surface area contributed by atoms with Gasteiger partial charge >= 0.3 is 12.1 Å². The molecule has 0 unspecified atom stereocenters. The Kier molecular flexibility index (Phi) is 3.90. The number of nitrogens with zero attached hydrogens (tertiary/aromatic N) is 1. The summed E-state index contributed by atoms with van der Waals surface area (Å²) >= 11 is 0. The molecule has 18 heavy (non-hydrogen) atoms. The van der Waals surface area contributed by atoms with Crippen LogP contribution in [0.2, 0.25) is 0 Å². The van der Waals surface area contributed by atoms with E-state index in [0.29, 0.717) is 0 Å². The van der Waals surface area contributed by atoms with E-state index in [1.807, 2.05) is 0 Å². The van der Waals surface area contributed by atoms with E-state index in [9.17, 15) is 14.7 Å². The van der Waals surface area contributed by atoms with E-state index < -0.39 is 23.2 Å². The number of amides is 1. The molecule has 1 aliphatic heterocycles. The molecule has 2 atom stereocenters. The van der Waals surface area contributed by atoms with Crippen LogP contribution in [-0.4, -0.2) is 53.0 Å². The quantitative estimate of drug-likeness (QED) is 0.813. The second-order valence-electron chi connectivity index (χ2n) is 5.73. The van der Waals surface area contributed by atoms with Gasteiger partial charge in [0.05, 0.1) is 12.6 Å². The molecule has 0 saturated carbocycles. The number of ether oxygens (including phenoxy) is 2. The third-order valence-electron chi connectivity index (χ3n) is 3.02. The first kappa shape index (κ1) is 14.8. The summed E-state index contributed by atoms with van der Waals surface area (Å²) in [6.07, 6.45) is -0.636. The smallest absolute Gasteiger partial charge is 0.411 e. The highest BCUT2D eigenvalue weighted by atomic mass is 16.6. The molecule has 1 saturated heterocycles. The number of hydrogen-bond acceptors (Lipinski definition) is 4. The van der Waals surface area contributed by atoms with Gasteiger partial charge in [-0.1, -0.05) is 0 Å². The van der Waals surface area contributed by atoms with Crippen LogP contribution >= 0.6 is 0 Å². The predicted molar refractivity (Wildman–Crippen MR) is 64.4 cm³/mol. The molecule has 0 aromatic rings. The lowest BCUT2D eigenvalue weighted by atomic mass is 9.99. The van der Waals surface area contributed by atoms with Crippen LogP contribution in [0.4, 0.5) is 4.79 Å². The standard InChI is InChI=1S/C12H21NO5/c1-11(2,3)18-10(16)13-7-8(17-5)6-12(13,4)9(14)15/h8H,6-7H2,1-5H3,(H,14,15)/t8-,12+/m1/s1. The first-order valence-electron chi connectivity index (χ1n) is 5.87. The molecule has 0 aliphatic carbocycles. The predicted octanol–water partition coefficient (Wildman–Crippen LogP) is 1.49. The maximum absolute atomic E-state index is 12.0. The first-order valence-corrected chi connectivity index (χ1v) is 5.87. The molecular formula is C12H21NO5. The number of carboxylic acid groups (broad SMARTS) is 1. The lowest BCUT2D eigenvalue weighted by Crippen LogP contribution is -2.52. The van der Waals surface area contributed by atoms with Crippen molar-refractivity contribution >= 4 is 12.1 Å². The summed E-state index contributed by atoms with van der Waals surface area (Å²) in [5, 5.41) is 9.30. The minimum absolute atomic E-state index is 0.230. The van der Waals surface area contributed by atoms with Crippen molar-refractivity contribution in [2.24, 2.45) is 0 Å². The fourth-order valence-corrected chi connectivity index (χ4v) is 1.98. The molecule has 1 rings (SSSR count). The van der Waals surface area contributed by atoms with E-state index in [1.54, 1.807) is 20.8 Å². The first-order chi connectivity index (χ1) is 8.10. The molecule has 1 N–H and O–H groups in total. The molecule has 1 fully saturated rings. The van der Waals surface area contributed by atoms with Gasteiger partial charge in [-0.2, -0.15) is 0 Å². The summed E-state index contributed by atoms with van der Waals surface area (Å²) in [5.74, 6) is -1.05. The molecule has 0 aromatic carbocycles. The van der Waals surface area contributed by atoms with Crippen molar-refractivity contribution in [3.05, 3.63) is 0 Å². The van der Waals surface area contributed by atoms with Gasteiger partial charge < -0.3 is 14.6 Å². The Morgan fingerprint density at radius 3 is 2.33 bits per heavy atom. The Morgan fingerprint density at radius 2 is 1.94 bits per heavy atom. The normalized spacial score (nSPS) is 28.3. The van der Waals surface area contributed by atoms with Crippen LogP contribution in [0.15, 0.2) is 0 Å². The summed E-state index contributed by atoms with van der Waals surface area (Å²) in [4.78, 5) is 24.6. The fourth-order valence-electron chi connectivity index (χ4n) is 1.98. The number of hydrogen-bond donors (Lipinski definition) is 1. The SMILES string of the molecule is CO[C@H]1CN(C(=O)OC(C)(C)C)[C@](C)(C(=O)O)C1. The summed E-state index contributed by atoms with van der Waals surface area (Å²) in [6.45, 7) is 6.97. The zero-order chi connectivity index (χ0) is 14.1. The van der Waals surface area contributed by atoms with Crippen LogP contribution in [0.3, 0.4) is 0 Å². The maximum Gasteiger partial charge on any atom is 0.411 e. The van der Waals surface area contributed by atoms with Crippen molar-refractivity contribution in [1.82, 2.24) is 4.90 Å². The van der Waals surface area contributed by atoms with Gasteiger partial charge in [-0.25, -0.2) is 9.59 Å². The van der Waals surface area contributed by atoms with Crippen LogP contribution in [0.25, 0.3) is 0 Å². The van der Waals surface area contributed by atoms with E-state index in [0.717, 1.165) is 0 Å². The third kappa shape index (κ3) is 2.93. The summed E-state index contributed by atoms with van der Waals surface area (Å²) in [6, 6.07) is 0. The largest absolute Gasteiger partial charge is 0.480 e. The van der Waals surface area contributed by atoms with Crippen molar-refractivity contribution in [1.29, 1.82) is 0 Å². The van der Waals surface area contributed by atoms with Crippen molar-refractivity contribution in [3.63, 3.8) is 0 Å². The van der Waals surface area contributed by atoms with Crippen LogP contribution in [0.1, 0.15) is 34.1 Å². The van der Waals surface area contributed by atoms with Gasteiger partial charge in [0.25, 0.3) is 0 Å². The highest BCUT2D eigenvalue weighted by molar-refractivity contribution is 5.85. The maximum atomic E-state index is 12.0. The molecule has 6 nitrogen and oxygen atoms in total. The lowest BCUT2D eigenvalue weighted by molar-refractivity contribution is -0.148. The number of rotatable bonds is 2. The summed E-state index contributed by atoms with van der Waals surface area (Å²) < 4.78 is 10.4. The Balaban J connectivity index is 2.91. The monoisotopic (exact) mass is 259 g/mol. The highest BCUT2D eigenvalue weighted by Gasteiger charge is 2.51. The van der Waals surface area contributed by atoms with Gasteiger partial charge in [-0.05, 0) is 27.7 Å². The van der Waals surface area contributed by atoms with Crippen molar-refractivity contribution in [2.45, 2.75) is 51.4 Å². The van der Waals surface area contributed by atoms with E-state index in [-0.39, 0.29) is 19.1 Å². The molecule has 0 radical (unpaired) electrons. The molecule has 104 valence electrons. The van der Waals surface area contributed by atoms with Gasteiger partial charge in [0, 0.05) is 13.5 Å². The molecular weight excluding hydrogens is 238 g/mol. The Hall–Kier alpha value is -1.30. The van der Waals surface area contributed by atoms with E-state index >= 15 is 0 Å². The van der Waals surface area contributed by atoms with Gasteiger partial charge in [-0.3, -0.25) is 4.90 Å². The van der Waals surface area contributed by atoms with Gasteiger partial charge in [0.15, 0.2) is 0 Å². The number of carbonyl (C=O) groups excluding carboxylic acids is 1. The van der Waals surface area contributed by atoms with Crippen LogP contribution in [-0.2, 0) is 14.3 Å². The fraction of sp³-hybridized carbons (Fsp3) is 0.833. The Bertz CT molecular complexity index is 349. The van der Waals surface area contributed by atoms with Gasteiger partial charge in [0.2, 0.25) is 0 Å². The molecule has 1 heterocycles. The molecule has 0 bridgehead atoms. The van der Waals surface area contributed by atoms with Crippen molar-refractivity contribution < 1.29 is 24.2 Å². The Morgan fingerprint density at radius 1 is 1.39 bits per heavy atom. The molecule has 1 aliphatic rings. The van der Waals surface area contributed by atoms with Crippen molar-refractivity contribution in [3.8, 4) is 0 Å².